The Morgan fingerprint density at radius 3 is 2.82 bits per heavy atom. The van der Waals surface area contributed by atoms with Gasteiger partial charge in [-0.1, -0.05) is 6.07 Å². The average Bonchev–Trinajstić information content (AvgIpc) is 3.27. The summed E-state index contributed by atoms with van der Waals surface area (Å²) in [5, 5.41) is 3.16. The van der Waals surface area contributed by atoms with Crippen LogP contribution in [0.25, 0.3) is 0 Å². The molecular weight excluding hydrogens is 422 g/mol. The van der Waals surface area contributed by atoms with Gasteiger partial charge in [0, 0.05) is 50.2 Å². The third-order valence-electron chi connectivity index (χ3n) is 6.15. The number of likely N-dealkylation sites (tertiary alicyclic amines) is 1. The first kappa shape index (κ1) is 22.9. The first-order chi connectivity index (χ1) is 16.0. The average molecular weight is 454 g/mol. The molecular formula is C23H31N7O3. The van der Waals surface area contributed by atoms with E-state index in [0.717, 1.165) is 32.2 Å². The van der Waals surface area contributed by atoms with Crippen LogP contribution in [-0.2, 0) is 4.74 Å². The number of hydrogen-bond donors (Lipinski definition) is 3. The van der Waals surface area contributed by atoms with Gasteiger partial charge in [0.2, 0.25) is 5.95 Å². The van der Waals surface area contributed by atoms with E-state index in [1.165, 1.54) is 6.20 Å². The SMILES string of the molecule is COCC1CCCN1C(=O)c1cccc(Nc2nc(N3CCCC(N)C3)ncc2C(N)=O)c1. The fourth-order valence-corrected chi connectivity index (χ4v) is 4.49. The Morgan fingerprint density at radius 2 is 2.06 bits per heavy atom. The number of aromatic nitrogens is 2. The molecule has 10 heteroatoms. The Labute approximate surface area is 193 Å². The summed E-state index contributed by atoms with van der Waals surface area (Å²) in [6.45, 7) is 2.68. The fourth-order valence-electron chi connectivity index (χ4n) is 4.49. The molecule has 2 aromatic rings. The minimum absolute atomic E-state index is 0.0426. The van der Waals surface area contributed by atoms with E-state index < -0.39 is 5.91 Å². The maximum atomic E-state index is 13.1. The number of amides is 2. The first-order valence-corrected chi connectivity index (χ1v) is 11.3. The Bertz CT molecular complexity index is 1020. The van der Waals surface area contributed by atoms with E-state index in [-0.39, 0.29) is 23.6 Å². The summed E-state index contributed by atoms with van der Waals surface area (Å²) in [7, 11) is 1.65. The van der Waals surface area contributed by atoms with Gasteiger partial charge in [-0.15, -0.1) is 0 Å². The summed E-state index contributed by atoms with van der Waals surface area (Å²) in [6.07, 6.45) is 5.24. The minimum atomic E-state index is -0.633. The van der Waals surface area contributed by atoms with Crippen LogP contribution in [0.2, 0.25) is 0 Å². The van der Waals surface area contributed by atoms with E-state index in [1.807, 2.05) is 15.9 Å². The molecule has 10 nitrogen and oxygen atoms in total. The second-order valence-electron chi connectivity index (χ2n) is 8.60. The van der Waals surface area contributed by atoms with E-state index in [4.69, 9.17) is 16.2 Å². The predicted molar refractivity (Wildman–Crippen MR) is 126 cm³/mol. The molecule has 33 heavy (non-hydrogen) atoms. The third-order valence-corrected chi connectivity index (χ3v) is 6.15. The number of piperidine rings is 1. The Hall–Kier alpha value is -3.24. The smallest absolute Gasteiger partial charge is 0.254 e. The van der Waals surface area contributed by atoms with E-state index in [2.05, 4.69) is 15.3 Å². The van der Waals surface area contributed by atoms with Crippen LogP contribution < -0.4 is 21.7 Å². The third kappa shape index (κ3) is 5.23. The van der Waals surface area contributed by atoms with Crippen LogP contribution in [0.1, 0.15) is 46.4 Å². The highest BCUT2D eigenvalue weighted by Crippen LogP contribution is 2.25. The lowest BCUT2D eigenvalue weighted by molar-refractivity contribution is 0.0630. The van der Waals surface area contributed by atoms with Gasteiger partial charge in [-0.2, -0.15) is 4.98 Å². The number of primary amides is 1. The van der Waals surface area contributed by atoms with E-state index >= 15 is 0 Å². The molecule has 0 bridgehead atoms. The van der Waals surface area contributed by atoms with Gasteiger partial charge in [0.25, 0.3) is 11.8 Å². The molecule has 2 unspecified atom stereocenters. The molecule has 2 amide bonds. The maximum absolute atomic E-state index is 13.1. The highest BCUT2D eigenvalue weighted by Gasteiger charge is 2.29. The van der Waals surface area contributed by atoms with Crippen molar-refractivity contribution in [3.8, 4) is 0 Å². The van der Waals surface area contributed by atoms with Gasteiger partial charge in [0.1, 0.15) is 11.4 Å². The molecule has 2 aliphatic heterocycles. The van der Waals surface area contributed by atoms with Crippen molar-refractivity contribution in [2.24, 2.45) is 11.5 Å². The normalized spacial score (nSPS) is 20.7. The summed E-state index contributed by atoms with van der Waals surface area (Å²) in [5.41, 5.74) is 13.0. The zero-order chi connectivity index (χ0) is 23.4. The first-order valence-electron chi connectivity index (χ1n) is 11.3. The molecule has 2 saturated heterocycles. The van der Waals surface area contributed by atoms with E-state index in [1.54, 1.807) is 25.3 Å². The molecule has 2 fully saturated rings. The van der Waals surface area contributed by atoms with Gasteiger partial charge in [0.15, 0.2) is 0 Å². The van der Waals surface area contributed by atoms with Gasteiger partial charge >= 0.3 is 0 Å². The lowest BCUT2D eigenvalue weighted by Gasteiger charge is -2.31. The minimum Gasteiger partial charge on any atom is -0.383 e. The summed E-state index contributed by atoms with van der Waals surface area (Å²) < 4.78 is 5.27. The zero-order valence-corrected chi connectivity index (χ0v) is 18.9. The number of benzene rings is 1. The second kappa shape index (κ2) is 10.1. The van der Waals surface area contributed by atoms with Crippen molar-refractivity contribution in [2.45, 2.75) is 37.8 Å². The molecule has 0 spiro atoms. The lowest BCUT2D eigenvalue weighted by atomic mass is 10.1. The van der Waals surface area contributed by atoms with Gasteiger partial charge in [0.05, 0.1) is 12.6 Å². The van der Waals surface area contributed by atoms with Crippen molar-refractivity contribution in [1.82, 2.24) is 14.9 Å². The summed E-state index contributed by atoms with van der Waals surface area (Å²) >= 11 is 0. The van der Waals surface area contributed by atoms with Gasteiger partial charge in [-0.3, -0.25) is 9.59 Å². The Morgan fingerprint density at radius 1 is 1.24 bits per heavy atom. The van der Waals surface area contributed by atoms with Crippen LogP contribution in [0.5, 0.6) is 0 Å². The standard InChI is InChI=1S/C23H31N7O3/c1-33-14-18-8-4-10-30(18)22(32)15-5-2-7-17(11-15)27-21-19(20(25)31)12-26-23(28-21)29-9-3-6-16(24)13-29/h2,5,7,11-12,16,18H,3-4,6,8-10,13-14,24H2,1H3,(H2,25,31)(H,26,27,28). The van der Waals surface area contributed by atoms with Crippen LogP contribution in [-0.4, -0.2) is 72.1 Å². The summed E-state index contributed by atoms with van der Waals surface area (Å²) in [5.74, 6) is 0.115. The molecule has 176 valence electrons. The number of ether oxygens (including phenoxy) is 1. The van der Waals surface area contributed by atoms with Gasteiger partial charge in [-0.05, 0) is 43.9 Å². The van der Waals surface area contributed by atoms with E-state index in [9.17, 15) is 9.59 Å². The number of carbonyl (C=O) groups is 2. The Balaban J connectivity index is 1.57. The molecule has 1 aromatic carbocycles. The maximum Gasteiger partial charge on any atom is 0.254 e. The number of carbonyl (C=O) groups excluding carboxylic acids is 2. The molecule has 0 aliphatic carbocycles. The molecule has 2 atom stereocenters. The van der Waals surface area contributed by atoms with Crippen molar-refractivity contribution in [1.29, 1.82) is 0 Å². The van der Waals surface area contributed by atoms with Crippen LogP contribution in [0, 0.1) is 0 Å². The van der Waals surface area contributed by atoms with Crippen molar-refractivity contribution in [3.05, 3.63) is 41.6 Å². The summed E-state index contributed by atoms with van der Waals surface area (Å²) in [6, 6.07) is 7.30. The molecule has 4 rings (SSSR count). The number of nitrogens with zero attached hydrogens (tertiary/aromatic N) is 4. The Kier molecular flexibility index (Phi) is 7.05. The van der Waals surface area contributed by atoms with Crippen molar-refractivity contribution >= 4 is 29.3 Å². The van der Waals surface area contributed by atoms with Gasteiger partial charge in [-0.25, -0.2) is 4.98 Å². The largest absolute Gasteiger partial charge is 0.383 e. The quantitative estimate of drug-likeness (QED) is 0.573. The number of rotatable bonds is 7. The second-order valence-corrected chi connectivity index (χ2v) is 8.60. The highest BCUT2D eigenvalue weighted by atomic mass is 16.5. The molecule has 0 saturated carbocycles. The molecule has 3 heterocycles. The monoisotopic (exact) mass is 453 g/mol. The van der Waals surface area contributed by atoms with Crippen molar-refractivity contribution < 1.29 is 14.3 Å². The van der Waals surface area contributed by atoms with E-state index in [0.29, 0.717) is 42.7 Å². The predicted octanol–water partition coefficient (Wildman–Crippen LogP) is 1.50. The van der Waals surface area contributed by atoms with Crippen LogP contribution in [0.4, 0.5) is 17.5 Å². The number of nitrogens with one attached hydrogen (secondary N) is 1. The number of methoxy groups -OCH3 is 1. The zero-order valence-electron chi connectivity index (χ0n) is 18.9. The van der Waals surface area contributed by atoms with Crippen molar-refractivity contribution in [3.63, 3.8) is 0 Å². The van der Waals surface area contributed by atoms with Crippen molar-refractivity contribution in [2.75, 3.05) is 43.6 Å². The van der Waals surface area contributed by atoms with Crippen LogP contribution in [0.3, 0.4) is 0 Å². The highest BCUT2D eigenvalue weighted by molar-refractivity contribution is 5.99. The number of anilines is 3. The molecule has 5 N–H and O–H groups in total. The number of hydrogen-bond acceptors (Lipinski definition) is 8. The molecule has 1 aromatic heterocycles. The van der Waals surface area contributed by atoms with Crippen LogP contribution in [0.15, 0.2) is 30.5 Å². The fraction of sp³-hybridized carbons (Fsp3) is 0.478. The molecule has 2 aliphatic rings. The van der Waals surface area contributed by atoms with Crippen LogP contribution >= 0.6 is 0 Å². The van der Waals surface area contributed by atoms with Gasteiger partial charge < -0.3 is 31.3 Å². The lowest BCUT2D eigenvalue weighted by Crippen LogP contribution is -2.43. The number of nitrogens with two attached hydrogens (primary N) is 2. The summed E-state index contributed by atoms with van der Waals surface area (Å²) in [4.78, 5) is 37.9. The molecule has 0 radical (unpaired) electrons. The topological polar surface area (TPSA) is 140 Å².